The quantitative estimate of drug-likeness (QED) is 0.637. The van der Waals surface area contributed by atoms with Crippen LogP contribution in [0.3, 0.4) is 0 Å². The maximum absolute atomic E-state index is 12.4. The van der Waals surface area contributed by atoms with Crippen molar-refractivity contribution in [2.24, 2.45) is 7.05 Å². The molecule has 0 saturated heterocycles. The fourth-order valence-electron chi connectivity index (χ4n) is 3.32. The maximum Gasteiger partial charge on any atom is 0.422 e. The molecule has 0 spiro atoms. The summed E-state index contributed by atoms with van der Waals surface area (Å²) < 4.78 is 42.8. The summed E-state index contributed by atoms with van der Waals surface area (Å²) in [6.07, 6.45) is -4.11. The largest absolute Gasteiger partial charge is 0.484 e. The van der Waals surface area contributed by atoms with Gasteiger partial charge in [0.15, 0.2) is 6.61 Å². The molecule has 0 radical (unpaired) electrons. The predicted octanol–water partition coefficient (Wildman–Crippen LogP) is 3.39. The Balaban J connectivity index is 1.64. The lowest BCUT2D eigenvalue weighted by Crippen LogP contribution is -2.19. The van der Waals surface area contributed by atoms with Crippen molar-refractivity contribution in [3.8, 4) is 5.75 Å². The van der Waals surface area contributed by atoms with Gasteiger partial charge in [-0.2, -0.15) is 18.3 Å². The van der Waals surface area contributed by atoms with E-state index in [0.29, 0.717) is 16.9 Å². The van der Waals surface area contributed by atoms with E-state index in [4.69, 9.17) is 0 Å². The summed E-state index contributed by atoms with van der Waals surface area (Å²) in [5, 5.41) is 7.83. The van der Waals surface area contributed by atoms with Gasteiger partial charge in [0, 0.05) is 30.1 Å². The SMILES string of the molecule is Cc1nn(C)c2[nH]c(=O)c(CCC(=O)Nc3ccc(OCC(F)(F)F)cc3)c(C)c12. The average Bonchev–Trinajstić information content (AvgIpc) is 2.94. The third kappa shape index (κ3) is 4.81. The predicted molar refractivity (Wildman–Crippen MR) is 106 cm³/mol. The van der Waals surface area contributed by atoms with Crippen molar-refractivity contribution in [2.75, 3.05) is 11.9 Å². The Labute approximate surface area is 169 Å². The molecule has 7 nitrogen and oxygen atoms in total. The van der Waals surface area contributed by atoms with Crippen LogP contribution in [0.2, 0.25) is 0 Å². The van der Waals surface area contributed by atoms with Crippen LogP contribution in [-0.4, -0.2) is 33.5 Å². The standard InChI is InChI=1S/C20H21F3N4O3/c1-11-15(19(29)25-18-17(11)12(2)26-27(18)3)8-9-16(28)24-13-4-6-14(7-5-13)30-10-20(21,22)23/h4-7H,8-10H2,1-3H3,(H,24,28)(H,25,29). The van der Waals surface area contributed by atoms with Gasteiger partial charge in [-0.25, -0.2) is 0 Å². The molecule has 0 aliphatic carbocycles. The Kier molecular flexibility index (Phi) is 5.86. The lowest BCUT2D eigenvalue weighted by Gasteiger charge is -2.10. The van der Waals surface area contributed by atoms with Crippen molar-refractivity contribution in [3.05, 3.63) is 51.4 Å². The Hall–Kier alpha value is -3.30. The van der Waals surface area contributed by atoms with Crippen molar-refractivity contribution in [1.82, 2.24) is 14.8 Å². The minimum atomic E-state index is -4.42. The number of hydrogen-bond donors (Lipinski definition) is 2. The van der Waals surface area contributed by atoms with Gasteiger partial charge in [0.1, 0.15) is 11.4 Å². The molecule has 0 aliphatic heterocycles. The molecule has 1 amide bonds. The second-order valence-corrected chi connectivity index (χ2v) is 6.97. The third-order valence-corrected chi connectivity index (χ3v) is 4.70. The molecule has 0 unspecified atom stereocenters. The van der Waals surface area contributed by atoms with E-state index in [1.165, 1.54) is 24.3 Å². The van der Waals surface area contributed by atoms with E-state index in [0.717, 1.165) is 16.6 Å². The van der Waals surface area contributed by atoms with Crippen molar-refractivity contribution >= 4 is 22.6 Å². The van der Waals surface area contributed by atoms with Crippen molar-refractivity contribution in [3.63, 3.8) is 0 Å². The molecular formula is C20H21F3N4O3. The summed E-state index contributed by atoms with van der Waals surface area (Å²) in [7, 11) is 1.75. The highest BCUT2D eigenvalue weighted by atomic mass is 19.4. The van der Waals surface area contributed by atoms with Crippen molar-refractivity contribution in [1.29, 1.82) is 0 Å². The first kappa shape index (κ1) is 21.4. The van der Waals surface area contributed by atoms with E-state index in [9.17, 15) is 22.8 Å². The molecule has 0 bridgehead atoms. The molecule has 0 fully saturated rings. The van der Waals surface area contributed by atoms with Gasteiger partial charge in [0.2, 0.25) is 5.91 Å². The molecule has 2 aromatic heterocycles. The minimum Gasteiger partial charge on any atom is -0.484 e. The van der Waals surface area contributed by atoms with Gasteiger partial charge in [0.05, 0.1) is 5.69 Å². The van der Waals surface area contributed by atoms with Crippen LogP contribution >= 0.6 is 0 Å². The second kappa shape index (κ2) is 8.21. The van der Waals surface area contributed by atoms with Crippen LogP contribution in [0, 0.1) is 13.8 Å². The number of carbonyl (C=O) groups is 1. The second-order valence-electron chi connectivity index (χ2n) is 6.97. The van der Waals surface area contributed by atoms with Crippen LogP contribution < -0.4 is 15.6 Å². The number of amides is 1. The highest BCUT2D eigenvalue weighted by Crippen LogP contribution is 2.22. The molecule has 10 heteroatoms. The number of aryl methyl sites for hydroxylation is 3. The monoisotopic (exact) mass is 422 g/mol. The summed E-state index contributed by atoms with van der Waals surface area (Å²) in [4.78, 5) is 27.5. The van der Waals surface area contributed by atoms with Crippen LogP contribution in [0.5, 0.6) is 5.75 Å². The topological polar surface area (TPSA) is 89.0 Å². The van der Waals surface area contributed by atoms with E-state index >= 15 is 0 Å². The molecule has 2 heterocycles. The van der Waals surface area contributed by atoms with Gasteiger partial charge in [-0.05, 0) is 50.1 Å². The highest BCUT2D eigenvalue weighted by molar-refractivity contribution is 5.91. The minimum absolute atomic E-state index is 0.0487. The summed E-state index contributed by atoms with van der Waals surface area (Å²) in [5.74, 6) is -0.270. The molecule has 3 aromatic rings. The third-order valence-electron chi connectivity index (χ3n) is 4.70. The van der Waals surface area contributed by atoms with Gasteiger partial charge < -0.3 is 15.0 Å². The zero-order valence-corrected chi connectivity index (χ0v) is 16.7. The molecular weight excluding hydrogens is 401 g/mol. The Morgan fingerprint density at radius 1 is 1.23 bits per heavy atom. The highest BCUT2D eigenvalue weighted by Gasteiger charge is 2.28. The zero-order valence-electron chi connectivity index (χ0n) is 16.7. The Morgan fingerprint density at radius 3 is 2.53 bits per heavy atom. The number of aromatic amines is 1. The van der Waals surface area contributed by atoms with Crippen LogP contribution in [-0.2, 0) is 18.3 Å². The number of anilines is 1. The summed E-state index contributed by atoms with van der Waals surface area (Å²) in [6, 6.07) is 5.59. The van der Waals surface area contributed by atoms with Gasteiger partial charge in [-0.3, -0.25) is 14.3 Å². The van der Waals surface area contributed by atoms with Crippen LogP contribution in [0.4, 0.5) is 18.9 Å². The number of halogens is 3. The average molecular weight is 422 g/mol. The molecule has 160 valence electrons. The number of nitrogens with one attached hydrogen (secondary N) is 2. The smallest absolute Gasteiger partial charge is 0.422 e. The molecule has 0 saturated carbocycles. The number of carbonyl (C=O) groups excluding carboxylic acids is 1. The van der Waals surface area contributed by atoms with Gasteiger partial charge in [-0.15, -0.1) is 0 Å². The van der Waals surface area contributed by atoms with Crippen molar-refractivity contribution in [2.45, 2.75) is 32.9 Å². The van der Waals surface area contributed by atoms with Crippen LogP contribution in [0.25, 0.3) is 11.0 Å². The van der Waals surface area contributed by atoms with E-state index in [2.05, 4.69) is 20.1 Å². The van der Waals surface area contributed by atoms with Crippen LogP contribution in [0.1, 0.15) is 23.2 Å². The van der Waals surface area contributed by atoms with Crippen molar-refractivity contribution < 1.29 is 22.7 Å². The summed E-state index contributed by atoms with van der Waals surface area (Å²) in [6.45, 7) is 2.30. The number of H-pyrrole nitrogens is 1. The molecule has 0 aliphatic rings. The number of rotatable bonds is 6. The molecule has 3 rings (SSSR count). The zero-order chi connectivity index (χ0) is 22.1. The van der Waals surface area contributed by atoms with Gasteiger partial charge in [0.25, 0.3) is 5.56 Å². The molecule has 1 aromatic carbocycles. The lowest BCUT2D eigenvalue weighted by atomic mass is 10.0. The first-order chi connectivity index (χ1) is 14.0. The number of alkyl halides is 3. The number of nitrogens with zero attached hydrogens (tertiary/aromatic N) is 2. The number of hydrogen-bond acceptors (Lipinski definition) is 4. The van der Waals surface area contributed by atoms with E-state index < -0.39 is 12.8 Å². The van der Waals surface area contributed by atoms with E-state index in [-0.39, 0.29) is 30.1 Å². The first-order valence-corrected chi connectivity index (χ1v) is 9.19. The molecule has 30 heavy (non-hydrogen) atoms. The number of fused-ring (bicyclic) bond motifs is 1. The van der Waals surface area contributed by atoms with Crippen LogP contribution in [0.15, 0.2) is 29.1 Å². The molecule has 2 N–H and O–H groups in total. The first-order valence-electron chi connectivity index (χ1n) is 9.19. The summed E-state index contributed by atoms with van der Waals surface area (Å²) >= 11 is 0. The number of ether oxygens (including phenoxy) is 1. The maximum atomic E-state index is 12.4. The fraction of sp³-hybridized carbons (Fsp3) is 0.350. The summed E-state index contributed by atoms with van der Waals surface area (Å²) in [5.41, 5.74) is 2.89. The number of benzene rings is 1. The van der Waals surface area contributed by atoms with Gasteiger partial charge >= 0.3 is 6.18 Å². The number of pyridine rings is 1. The Bertz CT molecular complexity index is 1130. The fourth-order valence-corrected chi connectivity index (χ4v) is 3.32. The lowest BCUT2D eigenvalue weighted by molar-refractivity contribution is -0.153. The van der Waals surface area contributed by atoms with E-state index in [1.807, 2.05) is 13.8 Å². The Morgan fingerprint density at radius 2 is 1.90 bits per heavy atom. The molecule has 0 atom stereocenters. The normalized spacial score (nSPS) is 11.7. The number of aromatic nitrogens is 3. The van der Waals surface area contributed by atoms with E-state index in [1.54, 1.807) is 11.7 Å². The van der Waals surface area contributed by atoms with Gasteiger partial charge in [-0.1, -0.05) is 0 Å².